The quantitative estimate of drug-likeness (QED) is 0.778. The van der Waals surface area contributed by atoms with Crippen LogP contribution in [-0.2, 0) is 4.79 Å². The highest BCUT2D eigenvalue weighted by Crippen LogP contribution is 2.29. The third-order valence-corrected chi connectivity index (χ3v) is 2.70. The first kappa shape index (κ1) is 12.9. The highest BCUT2D eigenvalue weighted by atomic mass is 35.6. The van der Waals surface area contributed by atoms with Crippen LogP contribution < -0.4 is 5.32 Å². The van der Waals surface area contributed by atoms with E-state index in [2.05, 4.69) is 5.32 Å². The van der Waals surface area contributed by atoms with E-state index in [-0.39, 0.29) is 0 Å². The zero-order chi connectivity index (χ0) is 11.6. The maximum absolute atomic E-state index is 11.3. The smallest absolute Gasteiger partial charge is 0.276 e. The fraction of sp³-hybridized carbons (Fsp3) is 0.222. The predicted octanol–water partition coefficient (Wildman–Crippen LogP) is 3.96. The SMILES string of the molecule is Cc1c(Cl)cccc1NC(=O)C(Cl)(Cl)Cl. The number of halogens is 4. The first-order chi connectivity index (χ1) is 6.82. The molecule has 0 aliphatic heterocycles. The molecule has 0 fully saturated rings. The molecule has 2 nitrogen and oxygen atoms in total. The van der Waals surface area contributed by atoms with Gasteiger partial charge >= 0.3 is 0 Å². The lowest BCUT2D eigenvalue weighted by atomic mass is 10.2. The van der Waals surface area contributed by atoms with E-state index in [9.17, 15) is 4.79 Å². The van der Waals surface area contributed by atoms with Gasteiger partial charge in [0.25, 0.3) is 9.70 Å². The van der Waals surface area contributed by atoms with Crippen molar-refractivity contribution >= 4 is 58.0 Å². The topological polar surface area (TPSA) is 29.1 Å². The molecule has 0 unspecified atom stereocenters. The van der Waals surface area contributed by atoms with Gasteiger partial charge in [-0.15, -0.1) is 0 Å². The summed E-state index contributed by atoms with van der Waals surface area (Å²) in [5.41, 5.74) is 1.25. The van der Waals surface area contributed by atoms with Crippen LogP contribution in [0.2, 0.25) is 5.02 Å². The average molecular weight is 287 g/mol. The van der Waals surface area contributed by atoms with Crippen LogP contribution in [-0.4, -0.2) is 9.70 Å². The van der Waals surface area contributed by atoms with Gasteiger partial charge in [0.15, 0.2) is 0 Å². The lowest BCUT2D eigenvalue weighted by Gasteiger charge is -2.13. The van der Waals surface area contributed by atoms with Crippen molar-refractivity contribution in [2.75, 3.05) is 5.32 Å². The molecule has 0 saturated carbocycles. The van der Waals surface area contributed by atoms with Crippen molar-refractivity contribution in [1.82, 2.24) is 0 Å². The van der Waals surface area contributed by atoms with Crippen molar-refractivity contribution in [3.05, 3.63) is 28.8 Å². The molecule has 1 rings (SSSR count). The van der Waals surface area contributed by atoms with Crippen molar-refractivity contribution in [2.45, 2.75) is 10.7 Å². The third kappa shape index (κ3) is 3.42. The molecule has 0 aliphatic rings. The number of carbonyl (C=O) groups excluding carboxylic acids is 1. The average Bonchev–Trinajstić information content (AvgIpc) is 2.11. The van der Waals surface area contributed by atoms with Gasteiger partial charge in [-0.2, -0.15) is 0 Å². The fourth-order valence-corrected chi connectivity index (χ4v) is 1.25. The summed E-state index contributed by atoms with van der Waals surface area (Å²) in [7, 11) is 0. The molecule has 0 atom stereocenters. The zero-order valence-corrected chi connectivity index (χ0v) is 10.7. The van der Waals surface area contributed by atoms with Crippen molar-refractivity contribution in [3.8, 4) is 0 Å². The highest BCUT2D eigenvalue weighted by Gasteiger charge is 2.30. The molecular formula is C9H7Cl4NO. The summed E-state index contributed by atoms with van der Waals surface area (Å²) in [6, 6.07) is 5.08. The minimum absolute atomic E-state index is 0.527. The lowest BCUT2D eigenvalue weighted by molar-refractivity contribution is -0.115. The number of carbonyl (C=O) groups is 1. The zero-order valence-electron chi connectivity index (χ0n) is 7.65. The Bertz CT molecular complexity index is 386. The number of hydrogen-bond acceptors (Lipinski definition) is 1. The van der Waals surface area contributed by atoms with E-state index in [1.807, 2.05) is 0 Å². The molecule has 15 heavy (non-hydrogen) atoms. The minimum Gasteiger partial charge on any atom is -0.322 e. The first-order valence-corrected chi connectivity index (χ1v) is 5.47. The predicted molar refractivity (Wildman–Crippen MR) is 65.1 cm³/mol. The van der Waals surface area contributed by atoms with Gasteiger partial charge in [-0.05, 0) is 24.6 Å². The fourth-order valence-electron chi connectivity index (χ4n) is 0.936. The number of amides is 1. The number of nitrogens with one attached hydrogen (secondary N) is 1. The Labute approximate surface area is 107 Å². The standard InChI is InChI=1S/C9H7Cl4NO/c1-5-6(10)3-2-4-7(5)14-8(15)9(11,12)13/h2-4H,1H3,(H,14,15). The molecule has 1 amide bonds. The second-order valence-corrected chi connectivity index (χ2v) is 5.55. The molecule has 0 aliphatic carbocycles. The van der Waals surface area contributed by atoms with E-state index in [1.165, 1.54) is 0 Å². The van der Waals surface area contributed by atoms with Crippen molar-refractivity contribution in [1.29, 1.82) is 0 Å². The molecule has 0 radical (unpaired) electrons. The molecule has 1 aromatic carbocycles. The maximum Gasteiger partial charge on any atom is 0.276 e. The molecule has 0 bridgehead atoms. The number of benzene rings is 1. The number of alkyl halides is 3. The number of anilines is 1. The molecule has 0 heterocycles. The van der Waals surface area contributed by atoms with Gasteiger partial charge in [0.05, 0.1) is 0 Å². The minimum atomic E-state index is -1.98. The number of rotatable bonds is 1. The van der Waals surface area contributed by atoms with Crippen molar-refractivity contribution < 1.29 is 4.79 Å². The van der Waals surface area contributed by atoms with Crippen LogP contribution in [0.1, 0.15) is 5.56 Å². The number of hydrogen-bond donors (Lipinski definition) is 1. The summed E-state index contributed by atoms with van der Waals surface area (Å²) in [5.74, 6) is -0.710. The normalized spacial score (nSPS) is 11.3. The van der Waals surface area contributed by atoms with Gasteiger partial charge in [-0.3, -0.25) is 4.79 Å². The van der Waals surface area contributed by atoms with E-state index >= 15 is 0 Å². The molecule has 1 aromatic rings. The van der Waals surface area contributed by atoms with Crippen LogP contribution in [0.4, 0.5) is 5.69 Å². The Kier molecular flexibility index (Phi) is 4.13. The van der Waals surface area contributed by atoms with Gasteiger partial charge in [0, 0.05) is 10.7 Å². The Balaban J connectivity index is 2.91. The monoisotopic (exact) mass is 285 g/mol. The summed E-state index contributed by atoms with van der Waals surface area (Å²) < 4.78 is -1.98. The summed E-state index contributed by atoms with van der Waals surface area (Å²) in [4.78, 5) is 11.3. The van der Waals surface area contributed by atoms with Gasteiger partial charge < -0.3 is 5.32 Å². The maximum atomic E-state index is 11.3. The largest absolute Gasteiger partial charge is 0.322 e. The van der Waals surface area contributed by atoms with Crippen LogP contribution in [0.15, 0.2) is 18.2 Å². The highest BCUT2D eigenvalue weighted by molar-refractivity contribution is 6.76. The van der Waals surface area contributed by atoms with Gasteiger partial charge in [-0.1, -0.05) is 52.5 Å². The molecular weight excluding hydrogens is 280 g/mol. The van der Waals surface area contributed by atoms with Crippen LogP contribution in [0.5, 0.6) is 0 Å². The van der Waals surface area contributed by atoms with Crippen LogP contribution in [0.25, 0.3) is 0 Å². The van der Waals surface area contributed by atoms with E-state index in [4.69, 9.17) is 46.4 Å². The Morgan fingerprint density at radius 3 is 2.47 bits per heavy atom. The van der Waals surface area contributed by atoms with Crippen molar-refractivity contribution in [3.63, 3.8) is 0 Å². The summed E-state index contributed by atoms with van der Waals surface area (Å²) >= 11 is 22.1. The van der Waals surface area contributed by atoms with Crippen molar-refractivity contribution in [2.24, 2.45) is 0 Å². The Morgan fingerprint density at radius 1 is 1.33 bits per heavy atom. The molecule has 1 N–H and O–H groups in total. The van der Waals surface area contributed by atoms with Gasteiger partial charge in [0.2, 0.25) is 0 Å². The third-order valence-electron chi connectivity index (χ3n) is 1.77. The Hall–Kier alpha value is -0.150. The molecule has 0 spiro atoms. The van der Waals surface area contributed by atoms with Gasteiger partial charge in [-0.25, -0.2) is 0 Å². The van der Waals surface area contributed by atoms with Crippen LogP contribution in [0, 0.1) is 6.92 Å². The second kappa shape index (κ2) is 4.79. The van der Waals surface area contributed by atoms with Crippen LogP contribution in [0.3, 0.4) is 0 Å². The van der Waals surface area contributed by atoms with E-state index in [1.54, 1.807) is 25.1 Å². The molecule has 0 aromatic heterocycles. The van der Waals surface area contributed by atoms with E-state index in [0.717, 1.165) is 5.56 Å². The molecule has 82 valence electrons. The second-order valence-electron chi connectivity index (χ2n) is 2.86. The first-order valence-electron chi connectivity index (χ1n) is 3.95. The Morgan fingerprint density at radius 2 is 1.93 bits per heavy atom. The molecule has 0 saturated heterocycles. The van der Waals surface area contributed by atoms with Gasteiger partial charge in [0.1, 0.15) is 0 Å². The summed E-state index contributed by atoms with van der Waals surface area (Å²) in [5, 5.41) is 3.01. The summed E-state index contributed by atoms with van der Waals surface area (Å²) in [6.45, 7) is 1.76. The lowest BCUT2D eigenvalue weighted by Crippen LogP contribution is -2.27. The van der Waals surface area contributed by atoms with E-state index in [0.29, 0.717) is 10.7 Å². The molecule has 6 heteroatoms. The summed E-state index contributed by atoms with van der Waals surface area (Å²) in [6.07, 6.45) is 0. The van der Waals surface area contributed by atoms with Crippen LogP contribution >= 0.6 is 46.4 Å². The van der Waals surface area contributed by atoms with E-state index < -0.39 is 9.70 Å².